The molecule has 0 saturated carbocycles. The highest BCUT2D eigenvalue weighted by Gasteiger charge is 2.16. The molecule has 2 aromatic carbocycles. The van der Waals surface area contributed by atoms with E-state index < -0.39 is 10.0 Å². The van der Waals surface area contributed by atoms with Crippen molar-refractivity contribution in [2.24, 2.45) is 0 Å². The topological polar surface area (TPSA) is 71.1 Å². The van der Waals surface area contributed by atoms with Crippen molar-refractivity contribution in [3.8, 4) is 0 Å². The van der Waals surface area contributed by atoms with Crippen molar-refractivity contribution < 1.29 is 8.42 Å². The summed E-state index contributed by atoms with van der Waals surface area (Å²) >= 11 is 6.12. The molecule has 0 aliphatic carbocycles. The quantitative estimate of drug-likeness (QED) is 0.653. The molecule has 1 heterocycles. The van der Waals surface area contributed by atoms with E-state index in [1.165, 1.54) is 0 Å². The molecule has 134 valence electrons. The SMILES string of the molecule is Cc1ccc(Nc2ccc(NS(=O)(=O)c3ccccc3C)nc2)cc1Cl. The predicted molar refractivity (Wildman–Crippen MR) is 106 cm³/mol. The minimum absolute atomic E-state index is 0.235. The van der Waals surface area contributed by atoms with E-state index in [0.29, 0.717) is 10.6 Å². The molecule has 3 aromatic rings. The third kappa shape index (κ3) is 4.15. The van der Waals surface area contributed by atoms with Gasteiger partial charge in [0, 0.05) is 10.7 Å². The van der Waals surface area contributed by atoms with Gasteiger partial charge in [0.2, 0.25) is 0 Å². The van der Waals surface area contributed by atoms with Gasteiger partial charge in [-0.15, -0.1) is 0 Å². The minimum atomic E-state index is -3.68. The fourth-order valence-electron chi connectivity index (χ4n) is 2.42. The number of aryl methyl sites for hydroxylation is 2. The summed E-state index contributed by atoms with van der Waals surface area (Å²) in [6.45, 7) is 3.69. The highest BCUT2D eigenvalue weighted by Crippen LogP contribution is 2.24. The van der Waals surface area contributed by atoms with E-state index in [9.17, 15) is 8.42 Å². The molecule has 7 heteroatoms. The number of halogens is 1. The van der Waals surface area contributed by atoms with Gasteiger partial charge in [0.05, 0.1) is 16.8 Å². The molecule has 2 N–H and O–H groups in total. The lowest BCUT2D eigenvalue weighted by atomic mass is 10.2. The van der Waals surface area contributed by atoms with Crippen molar-refractivity contribution in [3.63, 3.8) is 0 Å². The van der Waals surface area contributed by atoms with Crippen molar-refractivity contribution >= 4 is 38.8 Å². The smallest absolute Gasteiger partial charge is 0.263 e. The third-order valence-electron chi connectivity index (χ3n) is 3.85. The van der Waals surface area contributed by atoms with Gasteiger partial charge in [-0.25, -0.2) is 13.4 Å². The van der Waals surface area contributed by atoms with E-state index in [1.54, 1.807) is 49.5 Å². The average Bonchev–Trinajstić information content (AvgIpc) is 2.60. The second-order valence-electron chi connectivity index (χ2n) is 5.89. The number of rotatable bonds is 5. The first-order valence-corrected chi connectivity index (χ1v) is 9.79. The summed E-state index contributed by atoms with van der Waals surface area (Å²) in [5, 5.41) is 3.85. The van der Waals surface area contributed by atoms with Crippen LogP contribution in [0.4, 0.5) is 17.2 Å². The molecule has 0 radical (unpaired) electrons. The van der Waals surface area contributed by atoms with Gasteiger partial charge in [0.1, 0.15) is 5.82 Å². The van der Waals surface area contributed by atoms with Crippen LogP contribution in [0.5, 0.6) is 0 Å². The highest BCUT2D eigenvalue weighted by atomic mass is 35.5. The molecule has 0 saturated heterocycles. The van der Waals surface area contributed by atoms with Crippen LogP contribution >= 0.6 is 11.6 Å². The van der Waals surface area contributed by atoms with Crippen LogP contribution in [0.25, 0.3) is 0 Å². The molecule has 0 fully saturated rings. The molecule has 0 bridgehead atoms. The highest BCUT2D eigenvalue weighted by molar-refractivity contribution is 7.92. The summed E-state index contributed by atoms with van der Waals surface area (Å²) in [6.07, 6.45) is 1.56. The number of pyridine rings is 1. The van der Waals surface area contributed by atoms with Gasteiger partial charge in [-0.1, -0.05) is 35.9 Å². The van der Waals surface area contributed by atoms with Crippen LogP contribution in [-0.4, -0.2) is 13.4 Å². The summed E-state index contributed by atoms with van der Waals surface area (Å²) in [6, 6.07) is 15.8. The maximum atomic E-state index is 12.5. The zero-order valence-corrected chi connectivity index (χ0v) is 15.9. The maximum Gasteiger partial charge on any atom is 0.263 e. The minimum Gasteiger partial charge on any atom is -0.354 e. The molecule has 0 spiro atoms. The van der Waals surface area contributed by atoms with Gasteiger partial charge in [-0.05, 0) is 55.3 Å². The Labute approximate surface area is 158 Å². The number of aromatic nitrogens is 1. The van der Waals surface area contributed by atoms with Crippen molar-refractivity contribution in [1.82, 2.24) is 4.98 Å². The number of hydrogen-bond donors (Lipinski definition) is 2. The van der Waals surface area contributed by atoms with Gasteiger partial charge < -0.3 is 5.32 Å². The molecule has 0 amide bonds. The van der Waals surface area contributed by atoms with Gasteiger partial charge >= 0.3 is 0 Å². The van der Waals surface area contributed by atoms with E-state index in [0.717, 1.165) is 16.9 Å². The zero-order chi connectivity index (χ0) is 18.7. The standard InChI is InChI=1S/C19H18ClN3O2S/c1-13-7-8-15(11-17(13)20)22-16-9-10-19(21-12-16)23-26(24,25)18-6-4-3-5-14(18)2/h3-12,22H,1-2H3,(H,21,23). The van der Waals surface area contributed by atoms with Crippen LogP contribution in [0.15, 0.2) is 65.7 Å². The van der Waals surface area contributed by atoms with E-state index >= 15 is 0 Å². The molecular weight excluding hydrogens is 370 g/mol. The Morgan fingerprint density at radius 3 is 2.31 bits per heavy atom. The van der Waals surface area contributed by atoms with Crippen LogP contribution in [-0.2, 0) is 10.0 Å². The maximum absolute atomic E-state index is 12.5. The van der Waals surface area contributed by atoms with Crippen LogP contribution < -0.4 is 10.0 Å². The molecule has 3 rings (SSSR count). The first-order chi connectivity index (χ1) is 12.3. The first kappa shape index (κ1) is 18.2. The Balaban J connectivity index is 1.75. The van der Waals surface area contributed by atoms with Gasteiger partial charge in [-0.2, -0.15) is 0 Å². The summed E-state index contributed by atoms with van der Waals surface area (Å²) in [5.41, 5.74) is 3.23. The predicted octanol–water partition coefficient (Wildman–Crippen LogP) is 4.90. The number of hydrogen-bond acceptors (Lipinski definition) is 4. The second-order valence-corrected chi connectivity index (χ2v) is 7.95. The van der Waals surface area contributed by atoms with Crippen molar-refractivity contribution in [2.75, 3.05) is 10.0 Å². The lowest BCUT2D eigenvalue weighted by molar-refractivity contribution is 0.600. The van der Waals surface area contributed by atoms with Crippen LogP contribution in [0.1, 0.15) is 11.1 Å². The number of nitrogens with one attached hydrogen (secondary N) is 2. The van der Waals surface area contributed by atoms with Gasteiger partial charge in [-0.3, -0.25) is 4.72 Å². The fourth-order valence-corrected chi connectivity index (χ4v) is 3.85. The molecule has 0 unspecified atom stereocenters. The Bertz CT molecular complexity index is 1030. The zero-order valence-electron chi connectivity index (χ0n) is 14.3. The Morgan fingerprint density at radius 2 is 1.65 bits per heavy atom. The van der Waals surface area contributed by atoms with Crippen molar-refractivity contribution in [2.45, 2.75) is 18.7 Å². The summed E-state index contributed by atoms with van der Waals surface area (Å²) in [7, 11) is -3.68. The van der Waals surface area contributed by atoms with Crippen molar-refractivity contribution in [3.05, 3.63) is 76.9 Å². The summed E-state index contributed by atoms with van der Waals surface area (Å²) < 4.78 is 27.5. The number of benzene rings is 2. The lowest BCUT2D eigenvalue weighted by Gasteiger charge is -2.11. The summed E-state index contributed by atoms with van der Waals surface area (Å²) in [5.74, 6) is 0.251. The summed E-state index contributed by atoms with van der Waals surface area (Å²) in [4.78, 5) is 4.40. The molecular formula is C19H18ClN3O2S. The van der Waals surface area contributed by atoms with Gasteiger partial charge in [0.25, 0.3) is 10.0 Å². The van der Waals surface area contributed by atoms with E-state index in [2.05, 4.69) is 15.0 Å². The molecule has 0 aliphatic rings. The molecule has 0 aliphatic heterocycles. The average molecular weight is 388 g/mol. The van der Waals surface area contributed by atoms with E-state index in [-0.39, 0.29) is 10.7 Å². The Morgan fingerprint density at radius 1 is 0.923 bits per heavy atom. The van der Waals surface area contributed by atoms with Crippen LogP contribution in [0, 0.1) is 13.8 Å². The van der Waals surface area contributed by atoms with E-state index in [4.69, 9.17) is 11.6 Å². The number of sulfonamides is 1. The van der Waals surface area contributed by atoms with Crippen LogP contribution in [0.2, 0.25) is 5.02 Å². The normalized spacial score (nSPS) is 11.2. The fraction of sp³-hybridized carbons (Fsp3) is 0.105. The second kappa shape index (κ2) is 7.35. The Hall–Kier alpha value is -2.57. The largest absolute Gasteiger partial charge is 0.354 e. The third-order valence-corrected chi connectivity index (χ3v) is 5.77. The first-order valence-electron chi connectivity index (χ1n) is 7.93. The van der Waals surface area contributed by atoms with Gasteiger partial charge in [0.15, 0.2) is 0 Å². The molecule has 1 aromatic heterocycles. The van der Waals surface area contributed by atoms with E-state index in [1.807, 2.05) is 25.1 Å². The molecule has 0 atom stereocenters. The Kier molecular flexibility index (Phi) is 5.15. The van der Waals surface area contributed by atoms with Crippen LogP contribution in [0.3, 0.4) is 0 Å². The molecule has 5 nitrogen and oxygen atoms in total. The van der Waals surface area contributed by atoms with Crippen molar-refractivity contribution in [1.29, 1.82) is 0 Å². The number of anilines is 3. The monoisotopic (exact) mass is 387 g/mol. The molecule has 26 heavy (non-hydrogen) atoms. The number of nitrogens with zero attached hydrogens (tertiary/aromatic N) is 1. The lowest BCUT2D eigenvalue weighted by Crippen LogP contribution is -2.15.